The van der Waals surface area contributed by atoms with Gasteiger partial charge < -0.3 is 10.3 Å². The number of aromatic amines is 1. The van der Waals surface area contributed by atoms with Crippen LogP contribution < -0.4 is 10.9 Å². The second-order valence-corrected chi connectivity index (χ2v) is 9.13. The summed E-state index contributed by atoms with van der Waals surface area (Å²) in [5, 5.41) is 7.29. The Morgan fingerprint density at radius 1 is 0.931 bits per heavy atom. The zero-order chi connectivity index (χ0) is 20.4. The third-order valence-electron chi connectivity index (χ3n) is 5.89. The summed E-state index contributed by atoms with van der Waals surface area (Å²) in [4.78, 5) is 14.6. The molecule has 3 aromatic rings. The Bertz CT molecular complexity index is 1070. The lowest BCUT2D eigenvalue weighted by Crippen LogP contribution is -2.33. The van der Waals surface area contributed by atoms with Crippen molar-refractivity contribution in [3.8, 4) is 0 Å². The Hall–Kier alpha value is -1.52. The maximum atomic E-state index is 11.9. The van der Waals surface area contributed by atoms with Crippen LogP contribution in [0.15, 0.2) is 47.4 Å². The molecule has 2 N–H and O–H groups in total. The summed E-state index contributed by atoms with van der Waals surface area (Å²) < 4.78 is 0. The standard InChI is InChI=1S/C23H23Cl3N2O/c24-18-4-3-16(21(25)11-18)13-28-19-5-1-14(2-6-19)9-17-10-15-7-8-27-23(29)20(15)12-22(17)26/h3-4,7-8,10-12,14,19,28H,1-2,5-6,9,13H2,(H,27,29). The van der Waals surface area contributed by atoms with Crippen molar-refractivity contribution >= 4 is 45.6 Å². The second kappa shape index (κ2) is 9.09. The van der Waals surface area contributed by atoms with Crippen molar-refractivity contribution in [1.82, 2.24) is 10.3 Å². The van der Waals surface area contributed by atoms with E-state index in [2.05, 4.69) is 16.4 Å². The topological polar surface area (TPSA) is 44.9 Å². The van der Waals surface area contributed by atoms with E-state index < -0.39 is 0 Å². The molecule has 1 fully saturated rings. The molecule has 0 atom stereocenters. The first-order valence-electron chi connectivity index (χ1n) is 9.97. The molecule has 2 aromatic carbocycles. The van der Waals surface area contributed by atoms with Gasteiger partial charge in [0.05, 0.1) is 0 Å². The fourth-order valence-corrected chi connectivity index (χ4v) is 4.93. The molecule has 6 heteroatoms. The molecule has 1 aliphatic rings. The SMILES string of the molecule is O=c1[nH]ccc2cc(CC3CCC(NCc4ccc(Cl)cc4Cl)CC3)c(Cl)cc12. The first-order chi connectivity index (χ1) is 14.0. The lowest BCUT2D eigenvalue weighted by Gasteiger charge is -2.29. The third kappa shape index (κ3) is 4.97. The van der Waals surface area contributed by atoms with E-state index in [0.717, 1.165) is 55.2 Å². The van der Waals surface area contributed by atoms with Gasteiger partial charge in [-0.25, -0.2) is 0 Å². The van der Waals surface area contributed by atoms with E-state index in [-0.39, 0.29) is 5.56 Å². The highest BCUT2D eigenvalue weighted by Crippen LogP contribution is 2.31. The molecule has 0 radical (unpaired) electrons. The highest BCUT2D eigenvalue weighted by Gasteiger charge is 2.22. The van der Waals surface area contributed by atoms with Gasteiger partial charge in [0.15, 0.2) is 0 Å². The predicted octanol–water partition coefficient (Wildman–Crippen LogP) is 6.38. The monoisotopic (exact) mass is 448 g/mol. The molecule has 0 aliphatic heterocycles. The van der Waals surface area contributed by atoms with Crippen molar-refractivity contribution in [3.63, 3.8) is 0 Å². The molecule has 1 aliphatic carbocycles. The molecule has 0 bridgehead atoms. The summed E-state index contributed by atoms with van der Waals surface area (Å²) in [7, 11) is 0. The number of pyridine rings is 1. The van der Waals surface area contributed by atoms with E-state index in [1.165, 1.54) is 0 Å². The van der Waals surface area contributed by atoms with Crippen molar-refractivity contribution in [2.24, 2.45) is 5.92 Å². The Labute approximate surface area is 185 Å². The lowest BCUT2D eigenvalue weighted by atomic mass is 9.82. The van der Waals surface area contributed by atoms with Crippen LogP contribution in [0.2, 0.25) is 15.1 Å². The number of halogens is 3. The van der Waals surface area contributed by atoms with Gasteiger partial charge in [-0.05, 0) is 84.9 Å². The van der Waals surface area contributed by atoms with Gasteiger partial charge in [0.25, 0.3) is 5.56 Å². The molecule has 29 heavy (non-hydrogen) atoms. The van der Waals surface area contributed by atoms with E-state index in [1.54, 1.807) is 18.3 Å². The molecular weight excluding hydrogens is 427 g/mol. The quantitative estimate of drug-likeness (QED) is 0.474. The maximum absolute atomic E-state index is 11.9. The Morgan fingerprint density at radius 3 is 2.45 bits per heavy atom. The summed E-state index contributed by atoms with van der Waals surface area (Å²) in [5.41, 5.74) is 2.12. The second-order valence-electron chi connectivity index (χ2n) is 7.88. The number of hydrogen-bond donors (Lipinski definition) is 2. The summed E-state index contributed by atoms with van der Waals surface area (Å²) in [6.07, 6.45) is 7.25. The van der Waals surface area contributed by atoms with Crippen molar-refractivity contribution in [3.05, 3.63) is 79.1 Å². The third-order valence-corrected chi connectivity index (χ3v) is 6.83. The molecule has 1 saturated carbocycles. The molecule has 1 aromatic heterocycles. The van der Waals surface area contributed by atoms with Gasteiger partial charge in [-0.1, -0.05) is 40.9 Å². The van der Waals surface area contributed by atoms with Gasteiger partial charge >= 0.3 is 0 Å². The van der Waals surface area contributed by atoms with Gasteiger partial charge in [0.2, 0.25) is 0 Å². The molecule has 0 spiro atoms. The van der Waals surface area contributed by atoms with Crippen LogP contribution in [-0.4, -0.2) is 11.0 Å². The van der Waals surface area contributed by atoms with Crippen LogP contribution in [0.3, 0.4) is 0 Å². The number of benzene rings is 2. The zero-order valence-electron chi connectivity index (χ0n) is 16.0. The first kappa shape index (κ1) is 20.7. The van der Waals surface area contributed by atoms with E-state index in [1.807, 2.05) is 18.2 Å². The molecular formula is C23H23Cl3N2O. The molecule has 3 nitrogen and oxygen atoms in total. The van der Waals surface area contributed by atoms with E-state index in [0.29, 0.717) is 32.4 Å². The summed E-state index contributed by atoms with van der Waals surface area (Å²) in [5.74, 6) is 0.615. The average Bonchev–Trinajstić information content (AvgIpc) is 2.70. The van der Waals surface area contributed by atoms with E-state index in [4.69, 9.17) is 34.8 Å². The van der Waals surface area contributed by atoms with Crippen molar-refractivity contribution in [1.29, 1.82) is 0 Å². The minimum atomic E-state index is -0.0941. The smallest absolute Gasteiger partial charge is 0.255 e. The van der Waals surface area contributed by atoms with Crippen LogP contribution in [-0.2, 0) is 13.0 Å². The number of hydrogen-bond acceptors (Lipinski definition) is 2. The van der Waals surface area contributed by atoms with Crippen molar-refractivity contribution in [2.45, 2.75) is 44.7 Å². The van der Waals surface area contributed by atoms with Gasteiger partial charge in [-0.3, -0.25) is 4.79 Å². The Kier molecular flexibility index (Phi) is 6.50. The summed E-state index contributed by atoms with van der Waals surface area (Å²) >= 11 is 18.7. The van der Waals surface area contributed by atoms with Gasteiger partial charge in [-0.15, -0.1) is 0 Å². The number of fused-ring (bicyclic) bond motifs is 1. The van der Waals surface area contributed by atoms with E-state index in [9.17, 15) is 4.79 Å². The predicted molar refractivity (Wildman–Crippen MR) is 122 cm³/mol. The fraction of sp³-hybridized carbons (Fsp3) is 0.348. The van der Waals surface area contributed by atoms with Crippen LogP contribution in [0.1, 0.15) is 36.8 Å². The van der Waals surface area contributed by atoms with Crippen molar-refractivity contribution in [2.75, 3.05) is 0 Å². The number of nitrogens with one attached hydrogen (secondary N) is 2. The minimum absolute atomic E-state index is 0.0941. The molecule has 0 unspecified atom stereocenters. The Morgan fingerprint density at radius 2 is 1.69 bits per heavy atom. The highest BCUT2D eigenvalue weighted by atomic mass is 35.5. The number of aromatic nitrogens is 1. The van der Waals surface area contributed by atoms with E-state index >= 15 is 0 Å². The van der Waals surface area contributed by atoms with Crippen LogP contribution in [0.5, 0.6) is 0 Å². The Balaban J connectivity index is 1.33. The molecule has 152 valence electrons. The largest absolute Gasteiger partial charge is 0.329 e. The zero-order valence-corrected chi connectivity index (χ0v) is 18.2. The molecule has 0 saturated heterocycles. The van der Waals surface area contributed by atoms with Gasteiger partial charge in [0, 0.05) is 39.2 Å². The average molecular weight is 450 g/mol. The fourth-order valence-electron chi connectivity index (χ4n) is 4.21. The van der Waals surface area contributed by atoms with Gasteiger partial charge in [-0.2, -0.15) is 0 Å². The molecule has 4 rings (SSSR count). The van der Waals surface area contributed by atoms with Crippen molar-refractivity contribution < 1.29 is 0 Å². The molecule has 0 amide bonds. The molecule has 1 heterocycles. The first-order valence-corrected chi connectivity index (χ1v) is 11.1. The maximum Gasteiger partial charge on any atom is 0.255 e. The van der Waals surface area contributed by atoms with Crippen LogP contribution in [0.25, 0.3) is 10.8 Å². The number of rotatable bonds is 5. The van der Waals surface area contributed by atoms with Gasteiger partial charge in [0.1, 0.15) is 0 Å². The van der Waals surface area contributed by atoms with Crippen LogP contribution in [0, 0.1) is 5.92 Å². The highest BCUT2D eigenvalue weighted by molar-refractivity contribution is 6.35. The number of H-pyrrole nitrogens is 1. The minimum Gasteiger partial charge on any atom is -0.329 e. The van der Waals surface area contributed by atoms with Crippen LogP contribution in [0.4, 0.5) is 0 Å². The summed E-state index contributed by atoms with van der Waals surface area (Å²) in [6.45, 7) is 0.760. The lowest BCUT2D eigenvalue weighted by molar-refractivity contribution is 0.289. The van der Waals surface area contributed by atoms with Crippen LogP contribution >= 0.6 is 34.8 Å². The summed E-state index contributed by atoms with van der Waals surface area (Å²) in [6, 6.07) is 12.0. The normalized spacial score (nSPS) is 19.6.